The Morgan fingerprint density at radius 1 is 0.971 bits per heavy atom. The molecule has 178 valence electrons. The van der Waals surface area contributed by atoms with Crippen molar-refractivity contribution in [3.05, 3.63) is 90.0 Å². The largest absolute Gasteiger partial charge is 0.497 e. The lowest BCUT2D eigenvalue weighted by Crippen LogP contribution is -2.25. The third-order valence-corrected chi connectivity index (χ3v) is 4.80. The van der Waals surface area contributed by atoms with E-state index in [1.54, 1.807) is 72.8 Å². The van der Waals surface area contributed by atoms with Crippen LogP contribution in [0.3, 0.4) is 0 Å². The van der Waals surface area contributed by atoms with Crippen molar-refractivity contribution < 1.29 is 28.5 Å². The molecule has 0 saturated carbocycles. The first-order chi connectivity index (χ1) is 17.0. The molecule has 0 aliphatic carbocycles. The van der Waals surface area contributed by atoms with Crippen LogP contribution in [-0.4, -0.2) is 32.7 Å². The molecule has 0 spiro atoms. The maximum Gasteiger partial charge on any atom is 0.331 e. The molecule has 0 aliphatic rings. The van der Waals surface area contributed by atoms with Crippen LogP contribution in [0.15, 0.2) is 78.9 Å². The molecule has 1 N–H and O–H groups in total. The molecule has 3 aromatic rings. The molecule has 0 unspecified atom stereocenters. The van der Waals surface area contributed by atoms with Crippen LogP contribution in [0.2, 0.25) is 0 Å². The summed E-state index contributed by atoms with van der Waals surface area (Å²) in [6, 6.07) is 22.5. The number of hydrogen-bond donors (Lipinski definition) is 1. The van der Waals surface area contributed by atoms with Crippen molar-refractivity contribution in [1.29, 1.82) is 5.26 Å². The fraction of sp³-hybridized carbons (Fsp3) is 0.148. The molecule has 0 saturated heterocycles. The fourth-order valence-corrected chi connectivity index (χ4v) is 3.15. The Morgan fingerprint density at radius 2 is 1.77 bits per heavy atom. The number of rotatable bonds is 10. The molecule has 8 heteroatoms. The number of hydrogen-bond acceptors (Lipinski definition) is 7. The lowest BCUT2D eigenvalue weighted by Gasteiger charge is -2.17. The number of ether oxygens (including phenoxy) is 4. The average molecular weight is 472 g/mol. The van der Waals surface area contributed by atoms with E-state index in [1.807, 2.05) is 6.07 Å². The van der Waals surface area contributed by atoms with Crippen LogP contribution in [0, 0.1) is 11.3 Å². The number of amides is 1. The molecule has 0 aromatic heterocycles. The van der Waals surface area contributed by atoms with Crippen molar-refractivity contribution in [2.75, 3.05) is 26.1 Å². The highest BCUT2D eigenvalue weighted by Gasteiger charge is 2.24. The molecule has 0 aliphatic heterocycles. The van der Waals surface area contributed by atoms with Crippen molar-refractivity contribution in [1.82, 2.24) is 0 Å². The highest BCUT2D eigenvalue weighted by Crippen LogP contribution is 2.29. The van der Waals surface area contributed by atoms with Crippen LogP contribution in [-0.2, 0) is 14.3 Å². The quantitative estimate of drug-likeness (QED) is 0.341. The number of nitriles is 1. The summed E-state index contributed by atoms with van der Waals surface area (Å²) in [5, 5.41) is 11.4. The molecule has 3 aromatic carbocycles. The summed E-state index contributed by atoms with van der Waals surface area (Å²) < 4.78 is 21.3. The smallest absolute Gasteiger partial charge is 0.331 e. The summed E-state index contributed by atoms with van der Waals surface area (Å²) in [6.45, 7) is -0.115. The zero-order valence-electron chi connectivity index (χ0n) is 19.3. The van der Waals surface area contributed by atoms with Crippen LogP contribution < -0.4 is 19.5 Å². The second-order valence-electron chi connectivity index (χ2n) is 7.14. The standard InChI is InChI=1S/C27H24N2O6/c1-32-22-10-6-9-21(18-22)29-27(31)26(20-7-4-3-5-8-20)35-25(30)14-12-19-11-13-23(34-16-15-28)24(17-19)33-2/h3-14,17-18,26H,16H2,1-2H3,(H,29,31)/b14-12+/t26-/m1/s1. The number of nitrogens with one attached hydrogen (secondary N) is 1. The van der Waals surface area contributed by atoms with E-state index in [9.17, 15) is 9.59 Å². The van der Waals surface area contributed by atoms with Crippen molar-refractivity contribution in [3.63, 3.8) is 0 Å². The van der Waals surface area contributed by atoms with Crippen LogP contribution in [0.25, 0.3) is 6.08 Å². The predicted octanol–water partition coefficient (Wildman–Crippen LogP) is 4.54. The molecule has 0 fully saturated rings. The summed E-state index contributed by atoms with van der Waals surface area (Å²) in [5.41, 5.74) is 1.67. The van der Waals surface area contributed by atoms with Gasteiger partial charge in [0.05, 0.1) is 14.2 Å². The van der Waals surface area contributed by atoms with E-state index in [1.165, 1.54) is 26.4 Å². The van der Waals surface area contributed by atoms with Gasteiger partial charge in [-0.1, -0.05) is 42.5 Å². The van der Waals surface area contributed by atoms with E-state index >= 15 is 0 Å². The Bertz CT molecular complexity index is 1230. The Labute approximate surface area is 203 Å². The lowest BCUT2D eigenvalue weighted by molar-refractivity contribution is -0.149. The first-order valence-corrected chi connectivity index (χ1v) is 10.6. The molecule has 1 atom stereocenters. The minimum atomic E-state index is -1.17. The Morgan fingerprint density at radius 3 is 2.49 bits per heavy atom. The Balaban J connectivity index is 1.75. The van der Waals surface area contributed by atoms with Crippen molar-refractivity contribution in [2.24, 2.45) is 0 Å². The molecule has 1 amide bonds. The van der Waals surface area contributed by atoms with Gasteiger partial charge in [0, 0.05) is 23.4 Å². The molecule has 0 radical (unpaired) electrons. The number of carbonyl (C=O) groups excluding carboxylic acids is 2. The number of nitrogens with zero attached hydrogens (tertiary/aromatic N) is 1. The number of carbonyl (C=O) groups is 2. The normalized spacial score (nSPS) is 11.2. The summed E-state index contributed by atoms with van der Waals surface area (Å²) in [5.74, 6) is 0.191. The summed E-state index contributed by atoms with van der Waals surface area (Å²) >= 11 is 0. The van der Waals surface area contributed by atoms with Gasteiger partial charge in [-0.05, 0) is 35.9 Å². The topological polar surface area (TPSA) is 107 Å². The van der Waals surface area contributed by atoms with Gasteiger partial charge in [0.2, 0.25) is 6.10 Å². The number of anilines is 1. The predicted molar refractivity (Wildman–Crippen MR) is 130 cm³/mol. The minimum absolute atomic E-state index is 0.115. The molecule has 0 heterocycles. The summed E-state index contributed by atoms with van der Waals surface area (Å²) in [6.07, 6.45) is 1.58. The van der Waals surface area contributed by atoms with E-state index < -0.39 is 18.0 Å². The highest BCUT2D eigenvalue weighted by atomic mass is 16.5. The summed E-state index contributed by atoms with van der Waals surface area (Å²) in [7, 11) is 3.01. The third-order valence-electron chi connectivity index (χ3n) is 4.80. The molecule has 3 rings (SSSR count). The van der Waals surface area contributed by atoms with Crippen molar-refractivity contribution in [2.45, 2.75) is 6.10 Å². The minimum Gasteiger partial charge on any atom is -0.497 e. The van der Waals surface area contributed by atoms with Gasteiger partial charge in [-0.3, -0.25) is 4.79 Å². The van der Waals surface area contributed by atoms with Crippen molar-refractivity contribution >= 4 is 23.6 Å². The maximum atomic E-state index is 13.0. The van der Waals surface area contributed by atoms with Gasteiger partial charge in [-0.15, -0.1) is 0 Å². The van der Waals surface area contributed by atoms with E-state index in [2.05, 4.69) is 5.32 Å². The fourth-order valence-electron chi connectivity index (χ4n) is 3.15. The third kappa shape index (κ3) is 7.11. The average Bonchev–Trinajstić information content (AvgIpc) is 2.90. The van der Waals surface area contributed by atoms with Crippen LogP contribution in [0.4, 0.5) is 5.69 Å². The van der Waals surface area contributed by atoms with Gasteiger partial charge in [-0.2, -0.15) is 5.26 Å². The van der Waals surface area contributed by atoms with E-state index in [0.717, 1.165) is 0 Å². The van der Waals surface area contributed by atoms with Gasteiger partial charge in [0.25, 0.3) is 5.91 Å². The van der Waals surface area contributed by atoms with Gasteiger partial charge in [0.15, 0.2) is 18.1 Å². The Kier molecular flexibility index (Phi) is 8.85. The zero-order chi connectivity index (χ0) is 25.0. The van der Waals surface area contributed by atoms with E-state index in [0.29, 0.717) is 34.1 Å². The molecule has 35 heavy (non-hydrogen) atoms. The molecular formula is C27H24N2O6. The summed E-state index contributed by atoms with van der Waals surface area (Å²) in [4.78, 5) is 25.6. The van der Waals surface area contributed by atoms with Crippen LogP contribution >= 0.6 is 0 Å². The van der Waals surface area contributed by atoms with Gasteiger partial charge in [0.1, 0.15) is 11.8 Å². The van der Waals surface area contributed by atoms with Crippen molar-refractivity contribution in [3.8, 4) is 23.3 Å². The SMILES string of the molecule is COc1cccc(NC(=O)[C@H](OC(=O)/C=C/c2ccc(OCC#N)c(OC)c2)c2ccccc2)c1. The first kappa shape index (κ1) is 24.9. The molecule has 8 nitrogen and oxygen atoms in total. The number of benzene rings is 3. The van der Waals surface area contributed by atoms with E-state index in [-0.39, 0.29) is 6.61 Å². The molecular weight excluding hydrogens is 448 g/mol. The Hall–Kier alpha value is -4.77. The molecule has 0 bridgehead atoms. The second-order valence-corrected chi connectivity index (χ2v) is 7.14. The van der Waals surface area contributed by atoms with Crippen LogP contribution in [0.5, 0.6) is 17.2 Å². The highest BCUT2D eigenvalue weighted by molar-refractivity contribution is 5.97. The number of methoxy groups -OCH3 is 2. The van der Waals surface area contributed by atoms with Crippen LogP contribution in [0.1, 0.15) is 17.2 Å². The van der Waals surface area contributed by atoms with Gasteiger partial charge in [-0.25, -0.2) is 4.79 Å². The zero-order valence-corrected chi connectivity index (χ0v) is 19.3. The van der Waals surface area contributed by atoms with E-state index in [4.69, 9.17) is 24.2 Å². The maximum absolute atomic E-state index is 13.0. The monoisotopic (exact) mass is 472 g/mol. The first-order valence-electron chi connectivity index (χ1n) is 10.6. The second kappa shape index (κ2) is 12.5. The van der Waals surface area contributed by atoms with Gasteiger partial charge < -0.3 is 24.3 Å². The lowest BCUT2D eigenvalue weighted by atomic mass is 10.1. The van der Waals surface area contributed by atoms with Gasteiger partial charge >= 0.3 is 5.97 Å². The number of esters is 1.